The third kappa shape index (κ3) is 4.51. The molecule has 1 aromatic rings. The number of benzene rings is 1. The Bertz CT molecular complexity index is 497. The van der Waals surface area contributed by atoms with Crippen molar-refractivity contribution in [2.45, 2.75) is 11.7 Å². The van der Waals surface area contributed by atoms with Crippen LogP contribution in [0, 0.1) is 0 Å². The zero-order valence-electron chi connectivity index (χ0n) is 9.63. The maximum absolute atomic E-state index is 12.6. The van der Waals surface area contributed by atoms with Gasteiger partial charge in [-0.25, -0.2) is 4.79 Å². The molecule has 0 radical (unpaired) electrons. The van der Waals surface area contributed by atoms with Gasteiger partial charge in [-0.15, -0.1) is 0 Å². The molecule has 1 aromatic carbocycles. The van der Waals surface area contributed by atoms with Crippen LogP contribution in [-0.4, -0.2) is 18.6 Å². The summed E-state index contributed by atoms with van der Waals surface area (Å²) in [6.45, 7) is 0. The minimum Gasteiger partial charge on any atom is -0.465 e. The fraction of sp³-hybridized carbons (Fsp3) is 0.300. The Balaban J connectivity index is 3.16. The number of rotatable bonds is 3. The first-order valence-electron chi connectivity index (χ1n) is 4.76. The predicted molar refractivity (Wildman–Crippen MR) is 57.1 cm³/mol. The van der Waals surface area contributed by atoms with E-state index >= 15 is 0 Å². The highest BCUT2D eigenvalue weighted by Gasteiger charge is 2.37. The molecule has 0 bridgehead atoms. The summed E-state index contributed by atoms with van der Waals surface area (Å²) in [4.78, 5) is 11.1. The molecule has 1 rings (SSSR count). The third-order valence-electron chi connectivity index (χ3n) is 1.93. The average Bonchev–Trinajstić information content (AvgIpc) is 2.33. The highest BCUT2D eigenvalue weighted by molar-refractivity contribution is 7.95. The number of methoxy groups -OCH3 is 1. The van der Waals surface area contributed by atoms with Crippen molar-refractivity contribution < 1.29 is 40.1 Å². The quantitative estimate of drug-likeness (QED) is 0.478. The van der Waals surface area contributed by atoms with E-state index in [0.29, 0.717) is 12.1 Å². The van der Waals surface area contributed by atoms with Crippen molar-refractivity contribution in [2.75, 3.05) is 7.11 Å². The van der Waals surface area contributed by atoms with Gasteiger partial charge < -0.3 is 8.92 Å². The van der Waals surface area contributed by atoms with Gasteiger partial charge in [0.1, 0.15) is 0 Å². The zero-order valence-corrected chi connectivity index (χ0v) is 10.4. The molecule has 0 spiro atoms. The number of hydrogen-bond acceptors (Lipinski definition) is 4. The number of alkyl halides is 6. The van der Waals surface area contributed by atoms with Crippen LogP contribution in [0.15, 0.2) is 18.2 Å². The first kappa shape index (κ1) is 16.5. The molecule has 0 saturated carbocycles. The lowest BCUT2D eigenvalue weighted by Crippen LogP contribution is -2.11. The molecule has 0 aromatic heterocycles. The van der Waals surface area contributed by atoms with Gasteiger partial charge in [-0.3, -0.25) is 0 Å². The van der Waals surface area contributed by atoms with Crippen LogP contribution < -0.4 is 4.18 Å². The second kappa shape index (κ2) is 5.81. The molecule has 0 amide bonds. The lowest BCUT2D eigenvalue weighted by atomic mass is 10.1. The van der Waals surface area contributed by atoms with E-state index in [0.717, 1.165) is 13.2 Å². The summed E-state index contributed by atoms with van der Waals surface area (Å²) in [5.41, 5.74) is -6.68. The molecule has 0 heterocycles. The Morgan fingerprint density at radius 3 is 2.20 bits per heavy atom. The molecule has 0 aliphatic carbocycles. The molecule has 0 unspecified atom stereocenters. The number of halogens is 6. The molecule has 112 valence electrons. The van der Waals surface area contributed by atoms with Crippen molar-refractivity contribution in [1.29, 1.82) is 0 Å². The van der Waals surface area contributed by atoms with Crippen LogP contribution >= 0.6 is 12.0 Å². The monoisotopic (exact) mass is 320 g/mol. The van der Waals surface area contributed by atoms with Crippen LogP contribution in [0.2, 0.25) is 0 Å². The maximum Gasteiger partial charge on any atom is 0.479 e. The minimum absolute atomic E-state index is 0.363. The maximum atomic E-state index is 12.6. The topological polar surface area (TPSA) is 35.5 Å². The summed E-state index contributed by atoms with van der Waals surface area (Å²) in [7, 11) is 0.977. The van der Waals surface area contributed by atoms with Gasteiger partial charge in [0.15, 0.2) is 17.8 Å². The van der Waals surface area contributed by atoms with Crippen LogP contribution in [0.25, 0.3) is 0 Å². The van der Waals surface area contributed by atoms with Crippen molar-refractivity contribution in [1.82, 2.24) is 0 Å². The number of carbonyl (C=O) groups excluding carboxylic acids is 1. The molecular weight excluding hydrogens is 314 g/mol. The predicted octanol–water partition coefficient (Wildman–Crippen LogP) is 4.04. The van der Waals surface area contributed by atoms with Crippen LogP contribution in [-0.2, 0) is 10.9 Å². The highest BCUT2D eigenvalue weighted by Crippen LogP contribution is 2.40. The minimum atomic E-state index is -4.92. The molecule has 10 heteroatoms. The fourth-order valence-corrected chi connectivity index (χ4v) is 1.48. The van der Waals surface area contributed by atoms with Crippen LogP contribution in [0.1, 0.15) is 15.9 Å². The first-order chi connectivity index (χ1) is 9.04. The molecule has 0 saturated heterocycles. The first-order valence-corrected chi connectivity index (χ1v) is 5.50. The summed E-state index contributed by atoms with van der Waals surface area (Å²) in [5, 5.41) is 0. The Hall–Kier alpha value is -1.58. The van der Waals surface area contributed by atoms with E-state index in [2.05, 4.69) is 8.92 Å². The Morgan fingerprint density at radius 1 is 1.15 bits per heavy atom. The second-order valence-electron chi connectivity index (χ2n) is 3.31. The van der Waals surface area contributed by atoms with Crippen molar-refractivity contribution >= 4 is 18.0 Å². The van der Waals surface area contributed by atoms with Crippen molar-refractivity contribution in [3.8, 4) is 5.75 Å². The smallest absolute Gasteiger partial charge is 0.465 e. The van der Waals surface area contributed by atoms with Crippen molar-refractivity contribution in [3.63, 3.8) is 0 Å². The number of carbonyl (C=O) groups is 1. The van der Waals surface area contributed by atoms with Crippen molar-refractivity contribution in [2.24, 2.45) is 0 Å². The van der Waals surface area contributed by atoms with Crippen LogP contribution in [0.3, 0.4) is 0 Å². The molecule has 0 N–H and O–H groups in total. The fourth-order valence-electron chi connectivity index (χ4n) is 1.16. The van der Waals surface area contributed by atoms with Gasteiger partial charge in [0, 0.05) is 0 Å². The highest BCUT2D eigenvalue weighted by atomic mass is 32.2. The van der Waals surface area contributed by atoms with E-state index in [1.807, 2.05) is 0 Å². The summed E-state index contributed by atoms with van der Waals surface area (Å²) in [6, 6.07) is 1.76. The number of hydrogen-bond donors (Lipinski definition) is 0. The standard InChI is InChI=1S/C10H6F6O3S/c1-18-8(17)5-2-3-6(9(11,12)13)7(4-5)19-20-10(14,15)16/h2-4H,1H3. The van der Waals surface area contributed by atoms with Gasteiger partial charge in [0.2, 0.25) is 0 Å². The van der Waals surface area contributed by atoms with Gasteiger partial charge in [0.05, 0.1) is 18.2 Å². The lowest BCUT2D eigenvalue weighted by molar-refractivity contribution is -0.138. The summed E-state index contributed by atoms with van der Waals surface area (Å²) >= 11 is -1.11. The van der Waals surface area contributed by atoms with E-state index in [9.17, 15) is 31.1 Å². The third-order valence-corrected chi connectivity index (χ3v) is 2.39. The van der Waals surface area contributed by atoms with E-state index in [-0.39, 0.29) is 5.56 Å². The second-order valence-corrected chi connectivity index (χ2v) is 4.11. The van der Waals surface area contributed by atoms with Crippen LogP contribution in [0.4, 0.5) is 26.3 Å². The Kier molecular flexibility index (Phi) is 4.79. The summed E-state index contributed by atoms with van der Waals surface area (Å²) in [6.07, 6.45) is -4.92. The van der Waals surface area contributed by atoms with Crippen LogP contribution in [0.5, 0.6) is 5.75 Å². The van der Waals surface area contributed by atoms with Crippen molar-refractivity contribution in [3.05, 3.63) is 29.3 Å². The Morgan fingerprint density at radius 2 is 1.75 bits per heavy atom. The van der Waals surface area contributed by atoms with E-state index in [1.165, 1.54) is 0 Å². The van der Waals surface area contributed by atoms with Gasteiger partial charge in [0.25, 0.3) is 0 Å². The SMILES string of the molecule is COC(=O)c1ccc(C(F)(F)F)c(OSC(F)(F)F)c1. The summed E-state index contributed by atoms with van der Waals surface area (Å²) in [5.74, 6) is -2.12. The van der Waals surface area contributed by atoms with E-state index in [4.69, 9.17) is 0 Å². The average molecular weight is 320 g/mol. The molecule has 0 aliphatic heterocycles. The largest absolute Gasteiger partial charge is 0.479 e. The van der Waals surface area contributed by atoms with Gasteiger partial charge >= 0.3 is 17.7 Å². The molecular formula is C10H6F6O3S. The number of esters is 1. The van der Waals surface area contributed by atoms with Gasteiger partial charge in [-0.1, -0.05) is 0 Å². The van der Waals surface area contributed by atoms with E-state index in [1.54, 1.807) is 0 Å². The summed E-state index contributed by atoms with van der Waals surface area (Å²) < 4.78 is 82.0. The van der Waals surface area contributed by atoms with E-state index < -0.39 is 41.0 Å². The number of ether oxygens (including phenoxy) is 1. The zero-order chi connectivity index (χ0) is 15.6. The molecule has 0 atom stereocenters. The van der Waals surface area contributed by atoms with Gasteiger partial charge in [-0.2, -0.15) is 26.3 Å². The normalized spacial score (nSPS) is 12.2. The Labute approximate surface area is 113 Å². The van der Waals surface area contributed by atoms with Gasteiger partial charge in [-0.05, 0) is 18.2 Å². The molecule has 20 heavy (non-hydrogen) atoms. The molecule has 3 nitrogen and oxygen atoms in total. The molecule has 0 fully saturated rings. The lowest BCUT2D eigenvalue weighted by Gasteiger charge is -2.14. The molecule has 0 aliphatic rings.